The van der Waals surface area contributed by atoms with Crippen LogP contribution in [0, 0.1) is 0 Å². The third-order valence-electron chi connectivity index (χ3n) is 2.39. The predicted octanol–water partition coefficient (Wildman–Crippen LogP) is 1.83. The number of rotatable bonds is 7. The molecule has 0 aromatic carbocycles. The van der Waals surface area contributed by atoms with Gasteiger partial charge in [-0.05, 0) is 17.9 Å². The summed E-state index contributed by atoms with van der Waals surface area (Å²) in [6, 6.07) is 3.05. The molecule has 2 aromatic heterocycles. The molecule has 0 radical (unpaired) electrons. The topological polar surface area (TPSA) is 107 Å². The van der Waals surface area contributed by atoms with Gasteiger partial charge in [0.2, 0.25) is 10.9 Å². The molecular weight excluding hydrogens is 300 g/mol. The van der Waals surface area contributed by atoms with E-state index in [0.29, 0.717) is 28.2 Å². The van der Waals surface area contributed by atoms with E-state index in [1.54, 1.807) is 17.8 Å². The molecule has 2 heterocycles. The minimum Gasteiger partial charge on any atom is -0.475 e. The number of carboxylic acids is 1. The Morgan fingerprint density at radius 3 is 2.90 bits per heavy atom. The van der Waals surface area contributed by atoms with Crippen LogP contribution in [0.25, 0.3) is 0 Å². The molecule has 0 aliphatic carbocycles. The van der Waals surface area contributed by atoms with Crippen LogP contribution in [0.4, 0.5) is 0 Å². The summed E-state index contributed by atoms with van der Waals surface area (Å²) in [6.07, 6.45) is 0. The van der Waals surface area contributed by atoms with E-state index in [4.69, 9.17) is 15.4 Å². The highest BCUT2D eigenvalue weighted by Gasteiger charge is 2.13. The number of carbonyl (C=O) groups is 1. The molecule has 0 saturated heterocycles. The predicted molar refractivity (Wildman–Crippen MR) is 77.2 cm³/mol. The molecule has 9 heteroatoms. The molecule has 2 rings (SSSR count). The fourth-order valence-corrected chi connectivity index (χ4v) is 2.76. The third kappa shape index (κ3) is 3.48. The van der Waals surface area contributed by atoms with Crippen molar-refractivity contribution in [1.82, 2.24) is 14.9 Å². The summed E-state index contributed by atoms with van der Waals surface area (Å²) >= 11 is 3.06. The molecule has 0 amide bonds. The Hall–Kier alpha value is -1.61. The summed E-state index contributed by atoms with van der Waals surface area (Å²) in [5.74, 6) is 8.15. The largest absolute Gasteiger partial charge is 0.475 e. The van der Waals surface area contributed by atoms with Crippen LogP contribution in [0.1, 0.15) is 29.1 Å². The highest BCUT2D eigenvalue weighted by Crippen LogP contribution is 2.22. The summed E-state index contributed by atoms with van der Waals surface area (Å²) in [7, 11) is 0. The Bertz CT molecular complexity index is 596. The van der Waals surface area contributed by atoms with Crippen molar-refractivity contribution >= 4 is 29.5 Å². The zero-order chi connectivity index (χ0) is 14.5. The van der Waals surface area contributed by atoms with Gasteiger partial charge in [-0.15, -0.1) is 10.2 Å². The van der Waals surface area contributed by atoms with Crippen LogP contribution in [-0.4, -0.2) is 31.7 Å². The molecule has 20 heavy (non-hydrogen) atoms. The maximum atomic E-state index is 10.7. The summed E-state index contributed by atoms with van der Waals surface area (Å²) in [5.41, 5.74) is 0. The monoisotopic (exact) mass is 314 g/mol. The minimum absolute atomic E-state index is 0.0742. The van der Waals surface area contributed by atoms with Crippen LogP contribution in [0.2, 0.25) is 0 Å². The molecule has 0 spiro atoms. The molecule has 0 aliphatic rings. The molecular formula is C11H14N4O3S2. The molecule has 7 nitrogen and oxygen atoms in total. The zero-order valence-electron chi connectivity index (χ0n) is 10.8. The lowest BCUT2D eigenvalue weighted by Crippen LogP contribution is -2.13. The Morgan fingerprint density at radius 2 is 2.25 bits per heavy atom. The number of aromatic carboxylic acids is 1. The fraction of sp³-hybridized carbons (Fsp3) is 0.364. The number of aromatic nitrogens is 3. The first kappa shape index (κ1) is 14.8. The van der Waals surface area contributed by atoms with Gasteiger partial charge in [-0.25, -0.2) is 9.47 Å². The van der Waals surface area contributed by atoms with E-state index in [1.807, 2.05) is 0 Å². The number of nitrogens with zero attached hydrogens (tertiary/aromatic N) is 3. The summed E-state index contributed by atoms with van der Waals surface area (Å²) < 4.78 is 6.61. The molecule has 0 unspecified atom stereocenters. The van der Waals surface area contributed by atoms with E-state index >= 15 is 0 Å². The van der Waals surface area contributed by atoms with Gasteiger partial charge >= 0.3 is 5.97 Å². The highest BCUT2D eigenvalue weighted by atomic mass is 32.2. The van der Waals surface area contributed by atoms with Gasteiger partial charge in [0.15, 0.2) is 5.82 Å². The average Bonchev–Trinajstić information content (AvgIpc) is 3.02. The van der Waals surface area contributed by atoms with Gasteiger partial charge in [0.25, 0.3) is 0 Å². The van der Waals surface area contributed by atoms with Crippen molar-refractivity contribution in [3.8, 4) is 0 Å². The van der Waals surface area contributed by atoms with Gasteiger partial charge in [-0.2, -0.15) is 11.8 Å². The quantitative estimate of drug-likeness (QED) is 0.588. The standard InChI is InChI=1S/C11H14N4O3S2/c1-2-19-6-9-13-14-11(15(9)12)20-5-7-3-4-8(18-7)10(16)17/h3-4H,2,5-6,12H2,1H3,(H,16,17). The lowest BCUT2D eigenvalue weighted by atomic mass is 10.4. The number of thioether (sulfide) groups is 2. The van der Waals surface area contributed by atoms with Crippen molar-refractivity contribution in [3.05, 3.63) is 29.5 Å². The Morgan fingerprint density at radius 1 is 1.45 bits per heavy atom. The van der Waals surface area contributed by atoms with E-state index in [1.165, 1.54) is 22.5 Å². The maximum absolute atomic E-state index is 10.7. The van der Waals surface area contributed by atoms with Crippen LogP contribution < -0.4 is 5.84 Å². The molecule has 2 aromatic rings. The Labute approximate surface area is 123 Å². The van der Waals surface area contributed by atoms with Crippen molar-refractivity contribution < 1.29 is 14.3 Å². The summed E-state index contributed by atoms with van der Waals surface area (Å²) in [6.45, 7) is 2.06. The third-order valence-corrected chi connectivity index (χ3v) is 4.22. The molecule has 0 fully saturated rings. The first-order valence-corrected chi connectivity index (χ1v) is 7.97. The van der Waals surface area contributed by atoms with Crippen LogP contribution >= 0.6 is 23.5 Å². The first-order valence-electron chi connectivity index (χ1n) is 5.83. The van der Waals surface area contributed by atoms with E-state index in [2.05, 4.69) is 17.1 Å². The fourth-order valence-electron chi connectivity index (χ4n) is 1.40. The average molecular weight is 314 g/mol. The van der Waals surface area contributed by atoms with E-state index in [9.17, 15) is 4.79 Å². The minimum atomic E-state index is -1.08. The van der Waals surface area contributed by atoms with Crippen LogP contribution in [0.15, 0.2) is 21.7 Å². The normalized spacial score (nSPS) is 10.8. The number of nitrogens with two attached hydrogens (primary N) is 1. The number of hydrogen-bond donors (Lipinski definition) is 2. The van der Waals surface area contributed by atoms with Crippen molar-refractivity contribution in [1.29, 1.82) is 0 Å². The van der Waals surface area contributed by atoms with E-state index in [0.717, 1.165) is 5.75 Å². The number of carboxylic acid groups (broad SMARTS) is 1. The Balaban J connectivity index is 1.96. The van der Waals surface area contributed by atoms with Gasteiger partial charge in [-0.3, -0.25) is 0 Å². The molecule has 0 bridgehead atoms. The lowest BCUT2D eigenvalue weighted by Gasteiger charge is -2.01. The first-order chi connectivity index (χ1) is 9.61. The number of hydrogen-bond acceptors (Lipinski definition) is 7. The summed E-state index contributed by atoms with van der Waals surface area (Å²) in [4.78, 5) is 10.7. The molecule has 108 valence electrons. The van der Waals surface area contributed by atoms with Crippen LogP contribution in [-0.2, 0) is 11.5 Å². The number of nitrogen functional groups attached to an aromatic ring is 1. The molecule has 3 N–H and O–H groups in total. The molecule has 0 atom stereocenters. The van der Waals surface area contributed by atoms with Crippen molar-refractivity contribution in [3.63, 3.8) is 0 Å². The highest BCUT2D eigenvalue weighted by molar-refractivity contribution is 7.98. The van der Waals surface area contributed by atoms with Crippen molar-refractivity contribution in [2.45, 2.75) is 23.6 Å². The second-order valence-corrected chi connectivity index (χ2v) is 5.98. The van der Waals surface area contributed by atoms with Gasteiger partial charge in [0.1, 0.15) is 5.76 Å². The lowest BCUT2D eigenvalue weighted by molar-refractivity contribution is 0.0661. The second-order valence-electron chi connectivity index (χ2n) is 3.77. The zero-order valence-corrected chi connectivity index (χ0v) is 12.4. The van der Waals surface area contributed by atoms with Crippen molar-refractivity contribution in [2.75, 3.05) is 11.6 Å². The smallest absolute Gasteiger partial charge is 0.371 e. The summed E-state index contributed by atoms with van der Waals surface area (Å²) in [5, 5.41) is 17.4. The van der Waals surface area contributed by atoms with Crippen LogP contribution in [0.5, 0.6) is 0 Å². The maximum Gasteiger partial charge on any atom is 0.371 e. The van der Waals surface area contributed by atoms with E-state index < -0.39 is 5.97 Å². The van der Waals surface area contributed by atoms with Crippen LogP contribution in [0.3, 0.4) is 0 Å². The van der Waals surface area contributed by atoms with E-state index in [-0.39, 0.29) is 5.76 Å². The van der Waals surface area contributed by atoms with Gasteiger partial charge in [-0.1, -0.05) is 18.7 Å². The second kappa shape index (κ2) is 6.71. The number of furan rings is 1. The molecule has 0 saturated carbocycles. The molecule has 0 aliphatic heterocycles. The van der Waals surface area contributed by atoms with Crippen molar-refractivity contribution in [2.24, 2.45) is 0 Å². The van der Waals surface area contributed by atoms with Gasteiger partial charge < -0.3 is 15.4 Å². The SMILES string of the molecule is CCSCc1nnc(SCc2ccc(C(=O)O)o2)n1N. The van der Waals surface area contributed by atoms with Gasteiger partial charge in [0, 0.05) is 0 Å². The van der Waals surface area contributed by atoms with Gasteiger partial charge in [0.05, 0.1) is 11.5 Å². The Kier molecular flexibility index (Phi) is 4.96.